The summed E-state index contributed by atoms with van der Waals surface area (Å²) in [4.78, 5) is 11.8. The molecule has 0 aromatic heterocycles. The molecule has 3 nitrogen and oxygen atoms in total. The van der Waals surface area contributed by atoms with E-state index in [0.717, 1.165) is 33.0 Å². The summed E-state index contributed by atoms with van der Waals surface area (Å²) < 4.78 is 10.4. The van der Waals surface area contributed by atoms with Gasteiger partial charge in [-0.2, -0.15) is 29.5 Å². The van der Waals surface area contributed by atoms with E-state index in [2.05, 4.69) is 0 Å². The average molecular weight is 360 g/mol. The molecular formula is C17H24FeO3Si. The molecule has 22 heavy (non-hydrogen) atoms. The summed E-state index contributed by atoms with van der Waals surface area (Å²) in [7, 11) is 4.07. The van der Waals surface area contributed by atoms with Crippen LogP contribution in [-0.2, 0) is 26.5 Å². The summed E-state index contributed by atoms with van der Waals surface area (Å²) in [6.45, 7) is 2.02. The molecule has 0 aliphatic carbocycles. The van der Waals surface area contributed by atoms with E-state index in [4.69, 9.17) is 9.47 Å². The second kappa shape index (κ2) is 11.6. The van der Waals surface area contributed by atoms with Gasteiger partial charge in [-0.05, 0) is 12.8 Å². The minimum absolute atomic E-state index is 0. The van der Waals surface area contributed by atoms with E-state index in [0.29, 0.717) is 6.42 Å². The Kier molecular flexibility index (Phi) is 11.1. The van der Waals surface area contributed by atoms with E-state index in [1.54, 1.807) is 14.2 Å². The van der Waals surface area contributed by atoms with Crippen LogP contribution in [0.4, 0.5) is 0 Å². The van der Waals surface area contributed by atoms with Gasteiger partial charge in [-0.15, -0.1) is 5.56 Å². The van der Waals surface area contributed by atoms with Crippen LogP contribution in [0.5, 0.6) is 0 Å². The molecule has 5 heteroatoms. The molecule has 0 N–H and O–H groups in total. The summed E-state index contributed by atoms with van der Waals surface area (Å²) in [5, 5.41) is 1.13. The van der Waals surface area contributed by atoms with E-state index in [1.807, 2.05) is 49.4 Å². The monoisotopic (exact) mass is 360 g/mol. The van der Waals surface area contributed by atoms with Crippen molar-refractivity contribution >= 4 is 21.2 Å². The van der Waals surface area contributed by atoms with E-state index in [1.165, 1.54) is 0 Å². The number of hydrogen-bond donors (Lipinski definition) is 0. The van der Waals surface area contributed by atoms with Crippen molar-refractivity contribution in [2.24, 2.45) is 0 Å². The van der Waals surface area contributed by atoms with Gasteiger partial charge in [0.2, 0.25) is 0 Å². The number of carbonyl (C=O) groups excluding carboxylic acids is 1. The second-order valence-electron chi connectivity index (χ2n) is 4.82. The van der Waals surface area contributed by atoms with Crippen LogP contribution in [0, 0.1) is 0 Å². The van der Waals surface area contributed by atoms with Crippen LogP contribution < -0.4 is 5.19 Å². The fraction of sp³-hybridized carbons (Fsp3) is 0.353. The van der Waals surface area contributed by atoms with Crippen molar-refractivity contribution < 1.29 is 31.3 Å². The third-order valence-electron chi connectivity index (χ3n) is 3.15. The Morgan fingerprint density at radius 2 is 1.91 bits per heavy atom. The summed E-state index contributed by atoms with van der Waals surface area (Å²) >= 11 is 0. The van der Waals surface area contributed by atoms with Gasteiger partial charge in [0.15, 0.2) is 0 Å². The maximum Gasteiger partial charge on any atom is 2.00 e. The van der Waals surface area contributed by atoms with Crippen molar-refractivity contribution in [1.82, 2.24) is 0 Å². The number of hydrogen-bond acceptors (Lipinski definition) is 3. The molecule has 122 valence electrons. The molecule has 2 rings (SSSR count). The fourth-order valence-electron chi connectivity index (χ4n) is 2.14. The van der Waals surface area contributed by atoms with Crippen LogP contribution in [0.25, 0.3) is 0 Å². The minimum atomic E-state index is -0.365. The van der Waals surface area contributed by atoms with Crippen LogP contribution in [0.3, 0.4) is 0 Å². The van der Waals surface area contributed by atoms with Gasteiger partial charge in [0, 0.05) is 24.5 Å². The molecule has 0 bridgehead atoms. The molecule has 0 saturated heterocycles. The number of Topliss-reactive ketones (excluding diaryl/α,β-unsaturated/α-hetero) is 1. The van der Waals surface area contributed by atoms with Crippen LogP contribution >= 0.6 is 0 Å². The van der Waals surface area contributed by atoms with Gasteiger partial charge in [0.1, 0.15) is 12.1 Å². The first-order valence-corrected chi connectivity index (χ1v) is 8.16. The standard InChI is InChI=1S/C12H19O3Si.C5H5.Fe/c1-4-5-10(13)9-6-8(7-11(9)16)12(14-2)15-3;1-2-4-5-3-1;/h6-7,12H,4-5H2,1-3,16H3;1-5H;/q2*-1;+2. The number of carbonyl (C=O) groups is 1. The summed E-state index contributed by atoms with van der Waals surface area (Å²) in [5.74, 6) is 0.227. The predicted molar refractivity (Wildman–Crippen MR) is 89.6 cm³/mol. The van der Waals surface area contributed by atoms with Gasteiger partial charge in [-0.3, -0.25) is 0 Å². The molecule has 0 spiro atoms. The topological polar surface area (TPSA) is 35.5 Å². The van der Waals surface area contributed by atoms with Gasteiger partial charge in [-0.1, -0.05) is 12.5 Å². The van der Waals surface area contributed by atoms with Crippen LogP contribution in [0.15, 0.2) is 42.5 Å². The molecule has 0 aliphatic rings. The first-order chi connectivity index (χ1) is 10.1. The molecule has 0 unspecified atom stereocenters. The summed E-state index contributed by atoms with van der Waals surface area (Å²) in [6.07, 6.45) is 1.14. The molecule has 0 radical (unpaired) electrons. The quantitative estimate of drug-likeness (QED) is 0.343. The summed E-state index contributed by atoms with van der Waals surface area (Å²) in [5.41, 5.74) is 1.79. The van der Waals surface area contributed by atoms with Crippen molar-refractivity contribution in [3.8, 4) is 0 Å². The molecule has 0 atom stereocenters. The Morgan fingerprint density at radius 1 is 1.32 bits per heavy atom. The van der Waals surface area contributed by atoms with Gasteiger partial charge >= 0.3 is 17.1 Å². The molecule has 2 aromatic rings. The molecule has 0 aliphatic heterocycles. The average Bonchev–Trinajstić information content (AvgIpc) is 3.13. The van der Waals surface area contributed by atoms with Crippen LogP contribution in [0.1, 0.15) is 42.0 Å². The molecule has 0 amide bonds. The van der Waals surface area contributed by atoms with Gasteiger partial charge in [-0.25, -0.2) is 18.2 Å². The Morgan fingerprint density at radius 3 is 2.32 bits per heavy atom. The SMILES string of the molecule is CCCC(=O)[c-]1cc(C(OC)OC)cc1[SiH3].[Fe+2].c1cc[cH-]c1. The molecule has 0 fully saturated rings. The van der Waals surface area contributed by atoms with E-state index in [-0.39, 0.29) is 29.1 Å². The normalized spacial score (nSPS) is 10.0. The Bertz CT molecular complexity index is 499. The zero-order chi connectivity index (χ0) is 15.7. The zero-order valence-corrected chi connectivity index (χ0v) is 16.7. The molecular weight excluding hydrogens is 336 g/mol. The Labute approximate surface area is 146 Å². The number of ether oxygens (including phenoxy) is 2. The Balaban J connectivity index is 0.000000622. The summed E-state index contributed by atoms with van der Waals surface area (Å²) in [6, 6.07) is 13.9. The largest absolute Gasteiger partial charge is 2.00 e. The number of ketones is 1. The fourth-order valence-corrected chi connectivity index (χ4v) is 2.89. The minimum Gasteiger partial charge on any atom is -0.363 e. The zero-order valence-electron chi connectivity index (χ0n) is 13.6. The van der Waals surface area contributed by atoms with E-state index in [9.17, 15) is 4.79 Å². The number of rotatable bonds is 6. The van der Waals surface area contributed by atoms with E-state index < -0.39 is 0 Å². The number of methoxy groups -OCH3 is 2. The third kappa shape index (κ3) is 6.42. The Hall–Kier alpha value is -0.974. The van der Waals surface area contributed by atoms with Gasteiger partial charge in [0.05, 0.1) is 0 Å². The van der Waals surface area contributed by atoms with Crippen LogP contribution in [-0.4, -0.2) is 30.2 Å². The van der Waals surface area contributed by atoms with Crippen molar-refractivity contribution in [2.75, 3.05) is 14.2 Å². The van der Waals surface area contributed by atoms with Crippen molar-refractivity contribution in [2.45, 2.75) is 26.1 Å². The smallest absolute Gasteiger partial charge is 0.363 e. The maximum absolute atomic E-state index is 11.8. The van der Waals surface area contributed by atoms with Gasteiger partial charge < -0.3 is 14.3 Å². The first kappa shape index (κ1) is 21.0. The first-order valence-electron chi connectivity index (χ1n) is 7.16. The van der Waals surface area contributed by atoms with Gasteiger partial charge in [0.25, 0.3) is 0 Å². The molecule has 0 heterocycles. The van der Waals surface area contributed by atoms with Crippen molar-refractivity contribution in [3.05, 3.63) is 53.6 Å². The second-order valence-corrected chi connectivity index (χ2v) is 5.90. The third-order valence-corrected chi connectivity index (χ3v) is 3.98. The maximum atomic E-state index is 11.8. The van der Waals surface area contributed by atoms with Crippen LogP contribution in [0.2, 0.25) is 0 Å². The molecule has 0 saturated carbocycles. The molecule has 2 aromatic carbocycles. The van der Waals surface area contributed by atoms with Crippen molar-refractivity contribution in [1.29, 1.82) is 0 Å². The predicted octanol–water partition coefficient (Wildman–Crippen LogP) is 2.07. The van der Waals surface area contributed by atoms with E-state index >= 15 is 0 Å². The van der Waals surface area contributed by atoms with Crippen molar-refractivity contribution in [3.63, 3.8) is 0 Å².